The maximum Gasteiger partial charge on any atom is 0.337 e. The van der Waals surface area contributed by atoms with Crippen molar-refractivity contribution in [3.8, 4) is 16.9 Å². The summed E-state index contributed by atoms with van der Waals surface area (Å²) in [6.07, 6.45) is 0. The monoisotopic (exact) mass is 264 g/mol. The Bertz CT molecular complexity index is 639. The van der Waals surface area contributed by atoms with Crippen LogP contribution in [0, 0.1) is 11.6 Å². The number of carbonyl (C=O) groups excluding carboxylic acids is 1. The average molecular weight is 264 g/mol. The smallest absolute Gasteiger partial charge is 0.337 e. The molecule has 3 nitrogen and oxygen atoms in total. The second kappa shape index (κ2) is 5.06. The van der Waals surface area contributed by atoms with Gasteiger partial charge >= 0.3 is 5.97 Å². The minimum atomic E-state index is -0.798. The highest BCUT2D eigenvalue weighted by atomic mass is 19.1. The van der Waals surface area contributed by atoms with Crippen LogP contribution in [0.2, 0.25) is 0 Å². The number of phenolic OH excluding ortho intramolecular Hbond substituents is 1. The lowest BCUT2D eigenvalue weighted by Crippen LogP contribution is -2.01. The summed E-state index contributed by atoms with van der Waals surface area (Å²) in [5, 5.41) is 9.29. The first-order valence-electron chi connectivity index (χ1n) is 5.39. The Hall–Kier alpha value is -2.43. The first kappa shape index (κ1) is 13.0. The lowest BCUT2D eigenvalue weighted by atomic mass is 10.0. The lowest BCUT2D eigenvalue weighted by molar-refractivity contribution is 0.0600. The van der Waals surface area contributed by atoms with Crippen LogP contribution in [0.5, 0.6) is 5.75 Å². The second-order valence-electron chi connectivity index (χ2n) is 3.85. The van der Waals surface area contributed by atoms with Crippen LogP contribution in [0.25, 0.3) is 11.1 Å². The lowest BCUT2D eigenvalue weighted by Gasteiger charge is -2.07. The predicted octanol–water partition coefficient (Wildman–Crippen LogP) is 3.12. The van der Waals surface area contributed by atoms with Gasteiger partial charge in [0.15, 0.2) is 11.6 Å². The molecule has 0 aliphatic heterocycles. The van der Waals surface area contributed by atoms with E-state index in [-0.39, 0.29) is 16.7 Å². The van der Waals surface area contributed by atoms with Crippen molar-refractivity contribution in [3.05, 3.63) is 53.6 Å². The van der Waals surface area contributed by atoms with Gasteiger partial charge in [0.05, 0.1) is 12.7 Å². The molecule has 1 N–H and O–H groups in total. The molecule has 0 heterocycles. The number of aromatic hydroxyl groups is 1. The van der Waals surface area contributed by atoms with E-state index in [4.69, 9.17) is 0 Å². The number of rotatable bonds is 2. The molecule has 2 aromatic carbocycles. The Labute approximate surface area is 108 Å². The van der Waals surface area contributed by atoms with Crippen LogP contribution >= 0.6 is 0 Å². The van der Waals surface area contributed by atoms with Gasteiger partial charge in [0, 0.05) is 5.56 Å². The Morgan fingerprint density at radius 2 is 1.79 bits per heavy atom. The highest BCUT2D eigenvalue weighted by Gasteiger charge is 2.12. The molecule has 0 radical (unpaired) electrons. The Morgan fingerprint density at radius 1 is 1.11 bits per heavy atom. The molecule has 5 heteroatoms. The molecule has 0 aromatic heterocycles. The van der Waals surface area contributed by atoms with Crippen molar-refractivity contribution < 1.29 is 23.4 Å². The van der Waals surface area contributed by atoms with Crippen molar-refractivity contribution in [2.75, 3.05) is 7.11 Å². The molecule has 0 fully saturated rings. The van der Waals surface area contributed by atoms with Gasteiger partial charge in [-0.1, -0.05) is 6.07 Å². The van der Waals surface area contributed by atoms with Crippen molar-refractivity contribution in [2.45, 2.75) is 0 Å². The molecular formula is C14H10F2O3. The van der Waals surface area contributed by atoms with Crippen LogP contribution in [0.1, 0.15) is 10.4 Å². The number of hydrogen-bond donors (Lipinski definition) is 1. The van der Waals surface area contributed by atoms with Crippen LogP contribution in [-0.2, 0) is 4.74 Å². The normalized spacial score (nSPS) is 10.3. The number of benzene rings is 2. The average Bonchev–Trinajstić information content (AvgIpc) is 2.41. The van der Waals surface area contributed by atoms with Gasteiger partial charge < -0.3 is 9.84 Å². The Kier molecular flexibility index (Phi) is 3.46. The first-order chi connectivity index (χ1) is 9.02. The first-order valence-corrected chi connectivity index (χ1v) is 5.39. The maximum atomic E-state index is 13.7. The third kappa shape index (κ3) is 2.54. The van der Waals surface area contributed by atoms with Crippen molar-refractivity contribution in [3.63, 3.8) is 0 Å². The van der Waals surface area contributed by atoms with E-state index < -0.39 is 23.4 Å². The summed E-state index contributed by atoms with van der Waals surface area (Å²) in [7, 11) is 1.22. The fourth-order valence-electron chi connectivity index (χ4n) is 1.67. The summed E-state index contributed by atoms with van der Waals surface area (Å²) in [5.74, 6) is -2.57. The molecule has 0 atom stereocenters. The molecule has 0 saturated heterocycles. The minimum Gasteiger partial charge on any atom is -0.505 e. The summed E-state index contributed by atoms with van der Waals surface area (Å²) < 4.78 is 31.2. The van der Waals surface area contributed by atoms with E-state index >= 15 is 0 Å². The molecule has 0 bridgehead atoms. The third-order valence-electron chi connectivity index (χ3n) is 2.64. The SMILES string of the molecule is COC(=O)c1ccc(F)c(-c2ccc(F)c(O)c2)c1. The van der Waals surface area contributed by atoms with Gasteiger partial charge in [-0.15, -0.1) is 0 Å². The number of ether oxygens (including phenoxy) is 1. The van der Waals surface area contributed by atoms with Crippen molar-refractivity contribution >= 4 is 5.97 Å². The topological polar surface area (TPSA) is 46.5 Å². The quantitative estimate of drug-likeness (QED) is 0.848. The minimum absolute atomic E-state index is 0.0817. The molecule has 0 spiro atoms. The zero-order valence-electron chi connectivity index (χ0n) is 9.98. The summed E-state index contributed by atoms with van der Waals surface area (Å²) >= 11 is 0. The zero-order chi connectivity index (χ0) is 14.0. The van der Waals surface area contributed by atoms with Gasteiger partial charge in [-0.2, -0.15) is 0 Å². The highest BCUT2D eigenvalue weighted by molar-refractivity contribution is 5.91. The molecule has 0 saturated carbocycles. The third-order valence-corrected chi connectivity index (χ3v) is 2.64. The number of methoxy groups -OCH3 is 1. The van der Waals surface area contributed by atoms with Gasteiger partial charge in [0.25, 0.3) is 0 Å². The fraction of sp³-hybridized carbons (Fsp3) is 0.0714. The van der Waals surface area contributed by atoms with Crippen molar-refractivity contribution in [1.82, 2.24) is 0 Å². The molecule has 2 aromatic rings. The van der Waals surface area contributed by atoms with E-state index in [0.29, 0.717) is 0 Å². The molecule has 0 aliphatic rings. The van der Waals surface area contributed by atoms with E-state index in [2.05, 4.69) is 4.74 Å². The van der Waals surface area contributed by atoms with Crippen LogP contribution in [0.3, 0.4) is 0 Å². The van der Waals surface area contributed by atoms with Crippen LogP contribution < -0.4 is 0 Å². The predicted molar refractivity (Wildman–Crippen MR) is 64.8 cm³/mol. The molecule has 2 rings (SSSR count). The Balaban J connectivity index is 2.54. The molecule has 0 aliphatic carbocycles. The van der Waals surface area contributed by atoms with Crippen molar-refractivity contribution in [1.29, 1.82) is 0 Å². The standard InChI is InChI=1S/C14H10F2O3/c1-19-14(18)9-3-4-11(15)10(6-9)8-2-5-12(16)13(17)7-8/h2-7,17H,1H3. The summed E-state index contributed by atoms with van der Waals surface area (Å²) in [4.78, 5) is 11.4. The molecule has 19 heavy (non-hydrogen) atoms. The Morgan fingerprint density at radius 3 is 2.42 bits per heavy atom. The maximum absolute atomic E-state index is 13.7. The van der Waals surface area contributed by atoms with Crippen molar-refractivity contribution in [2.24, 2.45) is 0 Å². The fourth-order valence-corrected chi connectivity index (χ4v) is 1.67. The van der Waals surface area contributed by atoms with E-state index in [9.17, 15) is 18.7 Å². The van der Waals surface area contributed by atoms with Gasteiger partial charge in [-0.05, 0) is 35.9 Å². The van der Waals surface area contributed by atoms with Crippen LogP contribution in [-0.4, -0.2) is 18.2 Å². The summed E-state index contributed by atoms with van der Waals surface area (Å²) in [5.41, 5.74) is 0.517. The summed E-state index contributed by atoms with van der Waals surface area (Å²) in [6.45, 7) is 0. The molecule has 0 amide bonds. The van der Waals surface area contributed by atoms with Crippen LogP contribution in [0.4, 0.5) is 8.78 Å². The number of carbonyl (C=O) groups is 1. The highest BCUT2D eigenvalue weighted by Crippen LogP contribution is 2.28. The summed E-state index contributed by atoms with van der Waals surface area (Å²) in [6, 6.07) is 7.11. The molecule has 98 valence electrons. The number of esters is 1. The van der Waals surface area contributed by atoms with E-state index in [1.807, 2.05) is 0 Å². The number of phenols is 1. The second-order valence-corrected chi connectivity index (χ2v) is 3.85. The van der Waals surface area contributed by atoms with E-state index in [0.717, 1.165) is 18.2 Å². The number of hydrogen-bond acceptors (Lipinski definition) is 3. The number of halogens is 2. The van der Waals surface area contributed by atoms with Gasteiger partial charge in [0.2, 0.25) is 0 Å². The van der Waals surface area contributed by atoms with E-state index in [1.54, 1.807) is 0 Å². The zero-order valence-corrected chi connectivity index (χ0v) is 9.98. The largest absolute Gasteiger partial charge is 0.505 e. The van der Waals surface area contributed by atoms with Gasteiger partial charge in [0.1, 0.15) is 5.82 Å². The van der Waals surface area contributed by atoms with E-state index in [1.165, 1.54) is 25.3 Å². The molecule has 0 unspecified atom stereocenters. The van der Waals surface area contributed by atoms with Gasteiger partial charge in [-0.25, -0.2) is 13.6 Å². The van der Waals surface area contributed by atoms with Gasteiger partial charge in [-0.3, -0.25) is 0 Å². The molecular weight excluding hydrogens is 254 g/mol. The van der Waals surface area contributed by atoms with Crippen LogP contribution in [0.15, 0.2) is 36.4 Å².